The Labute approximate surface area is 115 Å². The van der Waals surface area contributed by atoms with Crippen molar-refractivity contribution in [1.29, 1.82) is 0 Å². The number of nitrogens with zero attached hydrogens (tertiary/aromatic N) is 1. The molecule has 0 saturated carbocycles. The molecule has 1 unspecified atom stereocenters. The van der Waals surface area contributed by atoms with Crippen molar-refractivity contribution < 1.29 is 9.50 Å². The lowest BCUT2D eigenvalue weighted by Crippen LogP contribution is -2.34. The van der Waals surface area contributed by atoms with Crippen LogP contribution in [0.15, 0.2) is 24.3 Å². The summed E-state index contributed by atoms with van der Waals surface area (Å²) < 4.78 is 13.2. The second-order valence-corrected chi connectivity index (χ2v) is 5.22. The predicted molar refractivity (Wildman–Crippen MR) is 77.8 cm³/mol. The topological polar surface area (TPSA) is 49.5 Å². The van der Waals surface area contributed by atoms with Crippen molar-refractivity contribution in [3.63, 3.8) is 0 Å². The molecule has 0 aromatic heterocycles. The fourth-order valence-electron chi connectivity index (χ4n) is 2.05. The molecule has 0 aliphatic heterocycles. The Morgan fingerprint density at radius 3 is 2.68 bits per heavy atom. The van der Waals surface area contributed by atoms with Gasteiger partial charge in [-0.2, -0.15) is 0 Å². The lowest BCUT2D eigenvalue weighted by atomic mass is 9.99. The molecule has 1 rings (SSSR count). The van der Waals surface area contributed by atoms with E-state index >= 15 is 0 Å². The number of aliphatic hydroxyl groups is 1. The second kappa shape index (κ2) is 7.46. The summed E-state index contributed by atoms with van der Waals surface area (Å²) in [5.41, 5.74) is 5.62. The third-order valence-electron chi connectivity index (χ3n) is 3.39. The zero-order chi connectivity index (χ0) is 14.3. The van der Waals surface area contributed by atoms with Gasteiger partial charge in [0.25, 0.3) is 0 Å². The Kier molecular flexibility index (Phi) is 6.25. The van der Waals surface area contributed by atoms with Crippen LogP contribution in [-0.2, 0) is 0 Å². The van der Waals surface area contributed by atoms with Crippen LogP contribution < -0.4 is 10.6 Å². The fourth-order valence-corrected chi connectivity index (χ4v) is 2.05. The molecule has 4 heteroatoms. The molecule has 0 aliphatic carbocycles. The van der Waals surface area contributed by atoms with Crippen LogP contribution in [-0.4, -0.2) is 30.3 Å². The van der Waals surface area contributed by atoms with Gasteiger partial charge in [0, 0.05) is 25.3 Å². The predicted octanol–water partition coefficient (Wildman–Crippen LogP) is 2.53. The van der Waals surface area contributed by atoms with Crippen LogP contribution in [0.1, 0.15) is 33.1 Å². The number of anilines is 1. The van der Waals surface area contributed by atoms with Gasteiger partial charge in [0.15, 0.2) is 0 Å². The molecule has 0 aliphatic rings. The van der Waals surface area contributed by atoms with Crippen molar-refractivity contribution in [2.75, 3.05) is 24.5 Å². The zero-order valence-electron chi connectivity index (χ0n) is 11.9. The van der Waals surface area contributed by atoms with Gasteiger partial charge in [-0.3, -0.25) is 0 Å². The normalized spacial score (nSPS) is 14.2. The minimum absolute atomic E-state index is 0.206. The molecule has 0 bridgehead atoms. The maximum atomic E-state index is 13.2. The molecule has 1 atom stereocenters. The summed E-state index contributed by atoms with van der Waals surface area (Å²) in [6.45, 7) is 5.81. The zero-order valence-corrected chi connectivity index (χ0v) is 11.9. The lowest BCUT2D eigenvalue weighted by Gasteiger charge is -2.25. The first-order chi connectivity index (χ1) is 8.98. The van der Waals surface area contributed by atoms with Crippen LogP contribution >= 0.6 is 0 Å². The average Bonchev–Trinajstić information content (AvgIpc) is 2.39. The van der Waals surface area contributed by atoms with Crippen molar-refractivity contribution in [1.82, 2.24) is 0 Å². The molecule has 1 aromatic carbocycles. The van der Waals surface area contributed by atoms with Gasteiger partial charge in [-0.1, -0.05) is 6.07 Å². The Balaban J connectivity index is 2.42. The van der Waals surface area contributed by atoms with E-state index in [0.717, 1.165) is 31.6 Å². The molecule has 0 saturated heterocycles. The molecule has 19 heavy (non-hydrogen) atoms. The van der Waals surface area contributed by atoms with E-state index in [4.69, 9.17) is 5.73 Å². The minimum atomic E-state index is -0.768. The molecule has 0 radical (unpaired) electrons. The quantitative estimate of drug-likeness (QED) is 0.712. The van der Waals surface area contributed by atoms with Crippen LogP contribution in [0.25, 0.3) is 0 Å². The van der Waals surface area contributed by atoms with Gasteiger partial charge < -0.3 is 15.7 Å². The van der Waals surface area contributed by atoms with Crippen LogP contribution in [0.2, 0.25) is 0 Å². The molecular formula is C15H25FN2O. The van der Waals surface area contributed by atoms with Gasteiger partial charge in [-0.15, -0.1) is 0 Å². The number of unbranched alkanes of at least 4 members (excludes halogenated alkanes) is 1. The standard InChI is InChI=1S/C15H25FN2O/c1-3-18(14-8-6-7-13(16)11-14)10-5-4-9-15(2,19)12-17/h6-8,11,19H,3-5,9-10,12,17H2,1-2H3. The van der Waals surface area contributed by atoms with Crippen LogP contribution in [0.4, 0.5) is 10.1 Å². The maximum absolute atomic E-state index is 13.2. The van der Waals surface area contributed by atoms with E-state index in [1.54, 1.807) is 19.1 Å². The molecular weight excluding hydrogens is 243 g/mol. The Hall–Kier alpha value is -1.13. The van der Waals surface area contributed by atoms with E-state index < -0.39 is 5.60 Å². The Morgan fingerprint density at radius 2 is 2.11 bits per heavy atom. The summed E-state index contributed by atoms with van der Waals surface area (Å²) in [5, 5.41) is 9.81. The number of hydrogen-bond donors (Lipinski definition) is 2. The summed E-state index contributed by atoms with van der Waals surface area (Å²) in [5.74, 6) is -0.206. The smallest absolute Gasteiger partial charge is 0.125 e. The van der Waals surface area contributed by atoms with Gasteiger partial charge in [-0.25, -0.2) is 4.39 Å². The average molecular weight is 268 g/mol. The highest BCUT2D eigenvalue weighted by atomic mass is 19.1. The molecule has 108 valence electrons. The minimum Gasteiger partial charge on any atom is -0.389 e. The monoisotopic (exact) mass is 268 g/mol. The number of hydrogen-bond acceptors (Lipinski definition) is 3. The van der Waals surface area contributed by atoms with Crippen LogP contribution in [0, 0.1) is 5.82 Å². The third-order valence-corrected chi connectivity index (χ3v) is 3.39. The maximum Gasteiger partial charge on any atom is 0.125 e. The molecule has 0 fully saturated rings. The highest BCUT2D eigenvalue weighted by molar-refractivity contribution is 5.46. The van der Waals surface area contributed by atoms with Crippen molar-refractivity contribution in [3.8, 4) is 0 Å². The largest absolute Gasteiger partial charge is 0.389 e. The first-order valence-corrected chi connectivity index (χ1v) is 6.91. The summed E-state index contributed by atoms with van der Waals surface area (Å²) in [6.07, 6.45) is 2.57. The van der Waals surface area contributed by atoms with Gasteiger partial charge >= 0.3 is 0 Å². The van der Waals surface area contributed by atoms with E-state index in [0.29, 0.717) is 6.42 Å². The Bertz CT molecular complexity index is 382. The number of rotatable bonds is 8. The van der Waals surface area contributed by atoms with Gasteiger partial charge in [0.1, 0.15) is 5.82 Å². The summed E-state index contributed by atoms with van der Waals surface area (Å²) >= 11 is 0. The summed E-state index contributed by atoms with van der Waals surface area (Å²) in [7, 11) is 0. The molecule has 3 nitrogen and oxygen atoms in total. The van der Waals surface area contributed by atoms with E-state index in [9.17, 15) is 9.50 Å². The number of halogens is 1. The summed E-state index contributed by atoms with van der Waals surface area (Å²) in [4.78, 5) is 2.14. The highest BCUT2D eigenvalue weighted by Crippen LogP contribution is 2.17. The SMILES string of the molecule is CCN(CCCCC(C)(O)CN)c1cccc(F)c1. The van der Waals surface area contributed by atoms with Crippen molar-refractivity contribution in [3.05, 3.63) is 30.1 Å². The van der Waals surface area contributed by atoms with Gasteiger partial charge in [0.05, 0.1) is 5.60 Å². The third kappa shape index (κ3) is 5.57. The molecule has 0 spiro atoms. The fraction of sp³-hybridized carbons (Fsp3) is 0.600. The van der Waals surface area contributed by atoms with Crippen molar-refractivity contribution in [2.45, 2.75) is 38.7 Å². The van der Waals surface area contributed by atoms with Gasteiger partial charge in [-0.05, 0) is 51.3 Å². The number of nitrogens with two attached hydrogens (primary N) is 1. The summed E-state index contributed by atoms with van der Waals surface area (Å²) in [6, 6.07) is 6.66. The van der Waals surface area contributed by atoms with E-state index in [1.807, 2.05) is 6.07 Å². The molecule has 0 heterocycles. The Morgan fingerprint density at radius 1 is 1.37 bits per heavy atom. The molecule has 1 aromatic rings. The number of benzene rings is 1. The van der Waals surface area contributed by atoms with E-state index in [-0.39, 0.29) is 12.4 Å². The lowest BCUT2D eigenvalue weighted by molar-refractivity contribution is 0.0574. The van der Waals surface area contributed by atoms with Crippen LogP contribution in [0.3, 0.4) is 0 Å². The van der Waals surface area contributed by atoms with Gasteiger partial charge in [0.2, 0.25) is 0 Å². The first-order valence-electron chi connectivity index (χ1n) is 6.91. The molecule has 0 amide bonds. The second-order valence-electron chi connectivity index (χ2n) is 5.22. The first kappa shape index (κ1) is 15.9. The molecule has 3 N–H and O–H groups in total. The van der Waals surface area contributed by atoms with E-state index in [2.05, 4.69) is 11.8 Å². The van der Waals surface area contributed by atoms with Crippen molar-refractivity contribution in [2.24, 2.45) is 5.73 Å². The van der Waals surface area contributed by atoms with Crippen molar-refractivity contribution >= 4 is 5.69 Å². The van der Waals surface area contributed by atoms with E-state index in [1.165, 1.54) is 6.07 Å². The highest BCUT2D eigenvalue weighted by Gasteiger charge is 2.17. The van der Waals surface area contributed by atoms with Crippen LogP contribution in [0.5, 0.6) is 0 Å².